The lowest BCUT2D eigenvalue weighted by molar-refractivity contribution is -0.116. The smallest absolute Gasteiger partial charge is 0.290 e. The van der Waals surface area contributed by atoms with Crippen LogP contribution in [0.5, 0.6) is 0 Å². The number of hydrogen-bond acceptors (Lipinski definition) is 2. The van der Waals surface area contributed by atoms with E-state index in [2.05, 4.69) is 11.9 Å². The summed E-state index contributed by atoms with van der Waals surface area (Å²) >= 11 is 0. The van der Waals surface area contributed by atoms with E-state index in [0.717, 1.165) is 16.8 Å². The number of ether oxygens (including phenoxy) is 1. The summed E-state index contributed by atoms with van der Waals surface area (Å²) in [6, 6.07) is 7.60. The van der Waals surface area contributed by atoms with E-state index < -0.39 is 0 Å². The fourth-order valence-electron chi connectivity index (χ4n) is 1.38. The van der Waals surface area contributed by atoms with Crippen molar-refractivity contribution in [3.63, 3.8) is 0 Å². The lowest BCUT2D eigenvalue weighted by atomic mass is 10.2. The Balaban J connectivity index is 2.78. The normalized spacial score (nSPS) is 10.9. The summed E-state index contributed by atoms with van der Waals surface area (Å²) in [7, 11) is 0. The predicted octanol–water partition coefficient (Wildman–Crippen LogP) is 3.43. The SMILES string of the molecule is C=C(C)/C=C(/OCC)C(=O)Nc1ccc(C)cc1. The molecule has 0 aromatic heterocycles. The molecule has 1 rings (SSSR count). The highest BCUT2D eigenvalue weighted by molar-refractivity contribution is 6.02. The predicted molar refractivity (Wildman–Crippen MR) is 74.3 cm³/mol. The van der Waals surface area contributed by atoms with E-state index in [-0.39, 0.29) is 11.7 Å². The van der Waals surface area contributed by atoms with Crippen LogP contribution in [0.1, 0.15) is 19.4 Å². The summed E-state index contributed by atoms with van der Waals surface area (Å²) in [6.07, 6.45) is 1.63. The van der Waals surface area contributed by atoms with Crippen molar-refractivity contribution in [3.8, 4) is 0 Å². The van der Waals surface area contributed by atoms with E-state index in [1.165, 1.54) is 0 Å². The van der Waals surface area contributed by atoms with E-state index in [4.69, 9.17) is 4.74 Å². The van der Waals surface area contributed by atoms with Gasteiger partial charge in [-0.05, 0) is 39.0 Å². The highest BCUT2D eigenvalue weighted by Gasteiger charge is 2.10. The quantitative estimate of drug-likeness (QED) is 0.490. The van der Waals surface area contributed by atoms with E-state index in [9.17, 15) is 4.79 Å². The van der Waals surface area contributed by atoms with Crippen molar-refractivity contribution in [2.45, 2.75) is 20.8 Å². The van der Waals surface area contributed by atoms with Gasteiger partial charge in [0.25, 0.3) is 5.91 Å². The van der Waals surface area contributed by atoms with Gasteiger partial charge in [0.2, 0.25) is 0 Å². The molecule has 0 bridgehead atoms. The summed E-state index contributed by atoms with van der Waals surface area (Å²) in [5.41, 5.74) is 2.67. The maximum absolute atomic E-state index is 12.0. The monoisotopic (exact) mass is 245 g/mol. The molecule has 1 N–H and O–H groups in total. The van der Waals surface area contributed by atoms with Crippen LogP contribution >= 0.6 is 0 Å². The highest BCUT2D eigenvalue weighted by atomic mass is 16.5. The molecule has 1 amide bonds. The first-order valence-electron chi connectivity index (χ1n) is 5.91. The first-order chi connectivity index (χ1) is 8.52. The zero-order valence-corrected chi connectivity index (χ0v) is 11.1. The second-order valence-corrected chi connectivity index (χ2v) is 4.11. The van der Waals surface area contributed by atoms with E-state index in [0.29, 0.717) is 6.61 Å². The van der Waals surface area contributed by atoms with Crippen molar-refractivity contribution in [1.82, 2.24) is 0 Å². The summed E-state index contributed by atoms with van der Waals surface area (Å²) in [4.78, 5) is 12.0. The molecular weight excluding hydrogens is 226 g/mol. The molecule has 96 valence electrons. The molecule has 1 aromatic carbocycles. The Kier molecular flexibility index (Phi) is 5.18. The minimum absolute atomic E-state index is 0.260. The fourth-order valence-corrected chi connectivity index (χ4v) is 1.38. The number of hydrogen-bond donors (Lipinski definition) is 1. The van der Waals surface area contributed by atoms with Gasteiger partial charge in [-0.2, -0.15) is 0 Å². The number of carbonyl (C=O) groups excluding carboxylic acids is 1. The van der Waals surface area contributed by atoms with Crippen LogP contribution in [-0.4, -0.2) is 12.5 Å². The Morgan fingerprint density at radius 3 is 2.50 bits per heavy atom. The maximum atomic E-state index is 12.0. The Bertz CT molecular complexity index is 458. The van der Waals surface area contributed by atoms with Crippen molar-refractivity contribution < 1.29 is 9.53 Å². The third-order valence-electron chi connectivity index (χ3n) is 2.21. The van der Waals surface area contributed by atoms with Crippen LogP contribution in [0.15, 0.2) is 48.3 Å². The second kappa shape index (κ2) is 6.64. The minimum atomic E-state index is -0.260. The third-order valence-corrected chi connectivity index (χ3v) is 2.21. The number of benzene rings is 1. The van der Waals surface area contributed by atoms with Crippen LogP contribution in [0.2, 0.25) is 0 Å². The van der Waals surface area contributed by atoms with Gasteiger partial charge in [0.15, 0.2) is 5.76 Å². The van der Waals surface area contributed by atoms with Crippen LogP contribution in [0.25, 0.3) is 0 Å². The Morgan fingerprint density at radius 1 is 1.39 bits per heavy atom. The largest absolute Gasteiger partial charge is 0.488 e. The molecule has 3 heteroatoms. The average molecular weight is 245 g/mol. The van der Waals surface area contributed by atoms with Gasteiger partial charge in [0, 0.05) is 5.69 Å². The molecule has 3 nitrogen and oxygen atoms in total. The van der Waals surface area contributed by atoms with Crippen LogP contribution in [0.4, 0.5) is 5.69 Å². The van der Waals surface area contributed by atoms with Crippen molar-refractivity contribution in [1.29, 1.82) is 0 Å². The van der Waals surface area contributed by atoms with Crippen molar-refractivity contribution in [2.24, 2.45) is 0 Å². The molecule has 0 aliphatic rings. The van der Waals surface area contributed by atoms with Crippen molar-refractivity contribution in [2.75, 3.05) is 11.9 Å². The first-order valence-corrected chi connectivity index (χ1v) is 5.91. The zero-order chi connectivity index (χ0) is 13.5. The summed E-state index contributed by atoms with van der Waals surface area (Å²) in [6.45, 7) is 9.84. The lowest BCUT2D eigenvalue weighted by Gasteiger charge is -2.10. The van der Waals surface area contributed by atoms with Gasteiger partial charge in [-0.3, -0.25) is 4.79 Å². The molecular formula is C15H19NO2. The zero-order valence-electron chi connectivity index (χ0n) is 11.1. The Labute approximate surface area is 108 Å². The van der Waals surface area contributed by atoms with E-state index in [1.54, 1.807) is 6.08 Å². The van der Waals surface area contributed by atoms with Gasteiger partial charge in [0.1, 0.15) is 0 Å². The number of nitrogens with one attached hydrogen (secondary N) is 1. The van der Waals surface area contributed by atoms with Crippen LogP contribution < -0.4 is 5.32 Å². The minimum Gasteiger partial charge on any atom is -0.488 e. The number of allylic oxidation sites excluding steroid dienone is 2. The summed E-state index contributed by atoms with van der Waals surface area (Å²) in [5.74, 6) is 0.0225. The second-order valence-electron chi connectivity index (χ2n) is 4.11. The maximum Gasteiger partial charge on any atom is 0.290 e. The standard InChI is InChI=1S/C15H19NO2/c1-5-18-14(10-11(2)3)15(17)16-13-8-6-12(4)7-9-13/h6-10H,2,5H2,1,3-4H3,(H,16,17)/b14-10+. The summed E-state index contributed by atoms with van der Waals surface area (Å²) < 4.78 is 5.30. The lowest BCUT2D eigenvalue weighted by Crippen LogP contribution is -2.16. The Morgan fingerprint density at radius 2 is 2.00 bits per heavy atom. The van der Waals surface area contributed by atoms with Crippen LogP contribution in [0.3, 0.4) is 0 Å². The molecule has 0 heterocycles. The molecule has 0 fully saturated rings. The number of aryl methyl sites for hydroxylation is 1. The molecule has 1 aromatic rings. The molecule has 0 aliphatic carbocycles. The molecule has 0 saturated carbocycles. The van der Waals surface area contributed by atoms with Crippen molar-refractivity contribution in [3.05, 3.63) is 53.8 Å². The molecule has 0 spiro atoms. The van der Waals surface area contributed by atoms with Crippen LogP contribution in [0, 0.1) is 6.92 Å². The number of carbonyl (C=O) groups is 1. The topological polar surface area (TPSA) is 38.3 Å². The number of amides is 1. The van der Waals surface area contributed by atoms with Gasteiger partial charge in [-0.1, -0.05) is 29.8 Å². The number of rotatable bonds is 5. The molecule has 0 atom stereocenters. The average Bonchev–Trinajstić information content (AvgIpc) is 2.31. The van der Waals surface area contributed by atoms with E-state index >= 15 is 0 Å². The first kappa shape index (κ1) is 14.0. The summed E-state index contributed by atoms with van der Waals surface area (Å²) in [5, 5.41) is 2.79. The Hall–Kier alpha value is -2.03. The van der Waals surface area contributed by atoms with Gasteiger partial charge >= 0.3 is 0 Å². The highest BCUT2D eigenvalue weighted by Crippen LogP contribution is 2.11. The van der Waals surface area contributed by atoms with Gasteiger partial charge in [-0.25, -0.2) is 0 Å². The molecule has 0 unspecified atom stereocenters. The molecule has 18 heavy (non-hydrogen) atoms. The molecule has 0 radical (unpaired) electrons. The van der Waals surface area contributed by atoms with Crippen LogP contribution in [-0.2, 0) is 9.53 Å². The van der Waals surface area contributed by atoms with Crippen molar-refractivity contribution >= 4 is 11.6 Å². The number of anilines is 1. The van der Waals surface area contributed by atoms with E-state index in [1.807, 2.05) is 45.0 Å². The fraction of sp³-hybridized carbons (Fsp3) is 0.267. The van der Waals surface area contributed by atoms with Gasteiger partial charge < -0.3 is 10.1 Å². The molecule has 0 saturated heterocycles. The third kappa shape index (κ3) is 4.45. The van der Waals surface area contributed by atoms with Gasteiger partial charge in [0.05, 0.1) is 6.61 Å². The van der Waals surface area contributed by atoms with Gasteiger partial charge in [-0.15, -0.1) is 0 Å². The molecule has 0 aliphatic heterocycles.